The van der Waals surface area contributed by atoms with Gasteiger partial charge in [0.1, 0.15) is 18.9 Å². The SMILES string of the molecule is CCCCCCCCCCCCCCn1cc[n+](CC(C)=NO)c1.[Cl-]. The number of rotatable bonds is 15. The summed E-state index contributed by atoms with van der Waals surface area (Å²) in [5, 5.41) is 11.9. The largest absolute Gasteiger partial charge is 1.00 e. The first kappa shape index (κ1) is 24.0. The first-order valence-electron chi connectivity index (χ1n) is 9.98. The summed E-state index contributed by atoms with van der Waals surface area (Å²) in [4.78, 5) is 0. The Labute approximate surface area is 160 Å². The molecular formula is C20H38ClN3O. The van der Waals surface area contributed by atoms with Gasteiger partial charge in [-0.3, -0.25) is 0 Å². The lowest BCUT2D eigenvalue weighted by Gasteiger charge is -2.02. The van der Waals surface area contributed by atoms with E-state index in [4.69, 9.17) is 5.21 Å². The molecule has 0 aliphatic carbocycles. The second kappa shape index (κ2) is 16.4. The number of aryl methyl sites for hydroxylation is 1. The van der Waals surface area contributed by atoms with Crippen LogP contribution in [0.2, 0.25) is 0 Å². The number of imidazole rings is 1. The first-order valence-corrected chi connectivity index (χ1v) is 9.98. The fourth-order valence-corrected chi connectivity index (χ4v) is 3.10. The normalized spacial score (nSPS) is 11.5. The Bertz CT molecular complexity index is 446. The van der Waals surface area contributed by atoms with Crippen LogP contribution < -0.4 is 17.0 Å². The van der Waals surface area contributed by atoms with Crippen molar-refractivity contribution in [3.63, 3.8) is 0 Å². The highest BCUT2D eigenvalue weighted by Gasteiger charge is 2.05. The van der Waals surface area contributed by atoms with Crippen LogP contribution in [0.15, 0.2) is 23.9 Å². The first-order chi connectivity index (χ1) is 11.8. The molecule has 0 aromatic carbocycles. The summed E-state index contributed by atoms with van der Waals surface area (Å²) in [6.07, 6.45) is 22.9. The van der Waals surface area contributed by atoms with E-state index in [9.17, 15) is 0 Å². The van der Waals surface area contributed by atoms with Crippen LogP contribution in [0.4, 0.5) is 0 Å². The quantitative estimate of drug-likeness (QED) is 0.166. The van der Waals surface area contributed by atoms with Gasteiger partial charge in [-0.15, -0.1) is 0 Å². The van der Waals surface area contributed by atoms with Crippen molar-refractivity contribution < 1.29 is 22.2 Å². The van der Waals surface area contributed by atoms with Gasteiger partial charge >= 0.3 is 0 Å². The van der Waals surface area contributed by atoms with Gasteiger partial charge in [-0.2, -0.15) is 0 Å². The Morgan fingerprint density at radius 2 is 1.44 bits per heavy atom. The molecule has 1 N–H and O–H groups in total. The molecule has 0 aliphatic heterocycles. The van der Waals surface area contributed by atoms with E-state index in [1.807, 2.05) is 13.1 Å². The molecule has 25 heavy (non-hydrogen) atoms. The fourth-order valence-electron chi connectivity index (χ4n) is 3.10. The molecule has 1 rings (SSSR count). The van der Waals surface area contributed by atoms with Gasteiger partial charge < -0.3 is 17.6 Å². The molecule has 5 heteroatoms. The second-order valence-electron chi connectivity index (χ2n) is 7.05. The summed E-state index contributed by atoms with van der Waals surface area (Å²) in [6.45, 7) is 5.85. The molecule has 1 aromatic heterocycles. The summed E-state index contributed by atoms with van der Waals surface area (Å²) in [5.41, 5.74) is 0.725. The predicted octanol–water partition coefficient (Wildman–Crippen LogP) is 2.33. The van der Waals surface area contributed by atoms with E-state index in [0.29, 0.717) is 6.54 Å². The number of oxime groups is 1. The molecule has 0 aliphatic rings. The average molecular weight is 372 g/mol. The van der Waals surface area contributed by atoms with E-state index in [1.165, 1.54) is 77.0 Å². The van der Waals surface area contributed by atoms with Crippen molar-refractivity contribution in [2.75, 3.05) is 0 Å². The lowest BCUT2D eigenvalue weighted by molar-refractivity contribution is -0.681. The van der Waals surface area contributed by atoms with E-state index in [0.717, 1.165) is 12.3 Å². The zero-order valence-electron chi connectivity index (χ0n) is 16.3. The van der Waals surface area contributed by atoms with E-state index in [2.05, 4.69) is 33.7 Å². The molecule has 0 atom stereocenters. The molecule has 0 bridgehead atoms. The van der Waals surface area contributed by atoms with Crippen LogP contribution in [0.1, 0.15) is 90.9 Å². The summed E-state index contributed by atoms with van der Waals surface area (Å²) < 4.78 is 4.27. The lowest BCUT2D eigenvalue weighted by Crippen LogP contribution is -3.00. The predicted molar refractivity (Wildman–Crippen MR) is 101 cm³/mol. The van der Waals surface area contributed by atoms with Crippen LogP contribution in [0.25, 0.3) is 0 Å². The van der Waals surface area contributed by atoms with E-state index >= 15 is 0 Å². The number of nitrogens with zero attached hydrogens (tertiary/aromatic N) is 3. The molecule has 0 radical (unpaired) electrons. The molecule has 0 spiro atoms. The minimum Gasteiger partial charge on any atom is -1.00 e. The van der Waals surface area contributed by atoms with Crippen molar-refractivity contribution >= 4 is 5.71 Å². The van der Waals surface area contributed by atoms with Crippen LogP contribution in [0.3, 0.4) is 0 Å². The van der Waals surface area contributed by atoms with E-state index in [-0.39, 0.29) is 12.4 Å². The molecule has 0 amide bonds. The standard InChI is InChI=1S/C20H37N3O.ClH/c1-3-4-5-6-7-8-9-10-11-12-13-14-15-22-16-17-23(19-22)18-20(2)21-24;/h16-17,19H,3-15,18H2,1-2H3;1H. The molecule has 0 unspecified atom stereocenters. The molecule has 1 aromatic rings. The topological polar surface area (TPSA) is 41.4 Å². The summed E-state index contributed by atoms with van der Waals surface area (Å²) in [5.74, 6) is 0. The number of hydrogen-bond donors (Lipinski definition) is 1. The maximum atomic E-state index is 8.70. The van der Waals surface area contributed by atoms with Crippen LogP contribution in [0.5, 0.6) is 0 Å². The smallest absolute Gasteiger partial charge is 0.244 e. The molecule has 0 saturated carbocycles. The third-order valence-electron chi connectivity index (χ3n) is 4.60. The third-order valence-corrected chi connectivity index (χ3v) is 4.60. The minimum atomic E-state index is 0. The second-order valence-corrected chi connectivity index (χ2v) is 7.05. The van der Waals surface area contributed by atoms with Crippen molar-refractivity contribution in [1.29, 1.82) is 0 Å². The van der Waals surface area contributed by atoms with Crippen LogP contribution >= 0.6 is 0 Å². The van der Waals surface area contributed by atoms with E-state index in [1.54, 1.807) is 0 Å². The Morgan fingerprint density at radius 1 is 0.920 bits per heavy atom. The number of halogens is 1. The van der Waals surface area contributed by atoms with Crippen molar-refractivity contribution in [3.8, 4) is 0 Å². The van der Waals surface area contributed by atoms with Crippen molar-refractivity contribution in [1.82, 2.24) is 4.57 Å². The van der Waals surface area contributed by atoms with Crippen LogP contribution in [-0.2, 0) is 13.1 Å². The van der Waals surface area contributed by atoms with E-state index < -0.39 is 0 Å². The Hall–Kier alpha value is -1.03. The summed E-state index contributed by atoms with van der Waals surface area (Å²) >= 11 is 0. The fraction of sp³-hybridized carbons (Fsp3) is 0.800. The Kier molecular flexibility index (Phi) is 15.8. The van der Waals surface area contributed by atoms with Crippen molar-refractivity contribution in [2.45, 2.75) is 104 Å². The highest BCUT2D eigenvalue weighted by atomic mass is 35.5. The van der Waals surface area contributed by atoms with Crippen LogP contribution in [-0.4, -0.2) is 15.5 Å². The third kappa shape index (κ3) is 12.9. The van der Waals surface area contributed by atoms with Gasteiger partial charge in [0.25, 0.3) is 0 Å². The highest BCUT2D eigenvalue weighted by molar-refractivity contribution is 5.79. The maximum Gasteiger partial charge on any atom is 0.244 e. The summed E-state index contributed by atoms with van der Waals surface area (Å²) in [6, 6.07) is 0. The lowest BCUT2D eigenvalue weighted by atomic mass is 10.1. The Balaban J connectivity index is 0.00000576. The zero-order chi connectivity index (χ0) is 17.5. The monoisotopic (exact) mass is 371 g/mol. The van der Waals surface area contributed by atoms with Crippen molar-refractivity contribution in [3.05, 3.63) is 18.7 Å². The maximum absolute atomic E-state index is 8.70. The van der Waals surface area contributed by atoms with Gasteiger partial charge in [0.2, 0.25) is 6.33 Å². The molecule has 146 valence electrons. The average Bonchev–Trinajstić information content (AvgIpc) is 3.03. The van der Waals surface area contributed by atoms with Gasteiger partial charge in [0.15, 0.2) is 0 Å². The van der Waals surface area contributed by atoms with Crippen LogP contribution in [0, 0.1) is 0 Å². The molecule has 0 fully saturated rings. The number of aromatic nitrogens is 2. The molecule has 0 saturated heterocycles. The zero-order valence-corrected chi connectivity index (χ0v) is 17.1. The molecule has 1 heterocycles. The molecule has 4 nitrogen and oxygen atoms in total. The number of hydrogen-bond acceptors (Lipinski definition) is 2. The Morgan fingerprint density at radius 3 is 1.96 bits per heavy atom. The van der Waals surface area contributed by atoms with Gasteiger partial charge in [0, 0.05) is 0 Å². The number of unbranched alkanes of at least 4 members (excludes halogenated alkanes) is 11. The van der Waals surface area contributed by atoms with Crippen molar-refractivity contribution in [2.24, 2.45) is 5.16 Å². The molecular weight excluding hydrogens is 334 g/mol. The summed E-state index contributed by atoms with van der Waals surface area (Å²) in [7, 11) is 0. The van der Waals surface area contributed by atoms with Gasteiger partial charge in [0.05, 0.1) is 12.3 Å². The van der Waals surface area contributed by atoms with Gasteiger partial charge in [-0.05, 0) is 19.8 Å². The van der Waals surface area contributed by atoms with Gasteiger partial charge in [-0.25, -0.2) is 9.13 Å². The highest BCUT2D eigenvalue weighted by Crippen LogP contribution is 2.12. The minimum absolute atomic E-state index is 0. The van der Waals surface area contributed by atoms with Gasteiger partial charge in [-0.1, -0.05) is 76.3 Å².